The van der Waals surface area contributed by atoms with Gasteiger partial charge in [0.15, 0.2) is 5.82 Å². The number of aromatic nitrogens is 18. The molecule has 0 amide bonds. The predicted octanol–water partition coefficient (Wildman–Crippen LogP) is 25.0. The molecule has 0 fully saturated rings. The maximum Gasteiger partial charge on any atom is 0.406 e. The van der Waals surface area contributed by atoms with Gasteiger partial charge in [-0.25, -0.2) is 17.6 Å². The van der Waals surface area contributed by atoms with Gasteiger partial charge in [-0.15, -0.1) is 0 Å². The van der Waals surface area contributed by atoms with Crippen LogP contribution in [0.15, 0.2) is 361 Å². The van der Waals surface area contributed by atoms with Gasteiger partial charge in [0.2, 0.25) is 0 Å². The van der Waals surface area contributed by atoms with E-state index in [-0.39, 0.29) is 12.4 Å². The summed E-state index contributed by atoms with van der Waals surface area (Å²) >= 11 is 0. The third kappa shape index (κ3) is 16.7. The molecule has 0 saturated heterocycles. The molecule has 0 aliphatic heterocycles. The number of alkyl halides is 6. The van der Waals surface area contributed by atoms with Gasteiger partial charge in [-0.1, -0.05) is 109 Å². The number of benzene rings is 6. The highest BCUT2D eigenvalue weighted by Crippen LogP contribution is 2.40. The van der Waals surface area contributed by atoms with Crippen LogP contribution in [-0.4, -0.2) is 107 Å². The predicted molar refractivity (Wildman–Crippen MR) is 499 cm³/mol. The van der Waals surface area contributed by atoms with Crippen LogP contribution in [0, 0.1) is 5.82 Å². The highest BCUT2D eigenvalue weighted by molar-refractivity contribution is 6.13. The summed E-state index contributed by atoms with van der Waals surface area (Å²) < 4.78 is 101. The minimum atomic E-state index is -4.30. The number of hydrogen-bond donors (Lipinski definition) is 1. The number of nitrogens with one attached hydrogen (secondary N) is 1. The van der Waals surface area contributed by atoms with E-state index in [1.54, 1.807) is 116 Å². The topological polar surface area (TPSA) is 195 Å². The molecule has 0 aliphatic carbocycles. The Balaban J connectivity index is 0.000000101. The summed E-state index contributed by atoms with van der Waals surface area (Å²) in [4.78, 5) is 53.0. The summed E-state index contributed by atoms with van der Waals surface area (Å²) in [5.41, 5.74) is 23.4. The minimum Gasteiger partial charge on any atom is -0.354 e. The molecule has 0 spiro atoms. The molecule has 0 atom stereocenters. The Labute approximate surface area is 731 Å². The van der Waals surface area contributed by atoms with E-state index in [1.165, 1.54) is 55.3 Å². The molecule has 18 aromatic heterocycles. The smallest absolute Gasteiger partial charge is 0.354 e. The number of fused-ring (bicyclic) bond motifs is 18. The van der Waals surface area contributed by atoms with Gasteiger partial charge in [-0.05, 0) is 137 Å². The minimum absolute atomic E-state index is 0.297. The molecule has 6 aromatic carbocycles. The average molecular weight is 1710 g/mol. The van der Waals surface area contributed by atoms with Crippen LogP contribution in [0.2, 0.25) is 0 Å². The second-order valence-electron chi connectivity index (χ2n) is 30.7. The zero-order chi connectivity index (χ0) is 88.1. The number of nitrogens with zero attached hydrogens (tertiary/aromatic N) is 17. The number of hydrogen-bond acceptors (Lipinski definition) is 12. The van der Waals surface area contributed by atoms with Gasteiger partial charge in [0.25, 0.3) is 6.43 Å². The Morgan fingerprint density at radius 1 is 0.279 bits per heavy atom. The summed E-state index contributed by atoms with van der Waals surface area (Å²) in [5.74, 6) is -0.297. The SMILES string of the molecule is Cn1c2cc(-c3cccnc3)ccc2c2cncc(F)c21.Cn1c2ccncc2c2ccc(-c3cccnc3)cc21.FC(F)(F)Cn1c2ccncc2c2ccc(-c3cccnc3)cc21.FC(F)Cn1c2ccncc2c2ccc(-c3cccnc3)cc21.FCCn1c2ccncc2c2ccc(-c3cccnc3)cc21.c1cncc(-c2ccc3c(c2)[nH]c2ccncc23)c1. The van der Waals surface area contributed by atoms with E-state index in [1.807, 2.05) is 175 Å². The Morgan fingerprint density at radius 2 is 0.605 bits per heavy atom. The zero-order valence-corrected chi connectivity index (χ0v) is 69.2. The quantitative estimate of drug-likeness (QED) is 0.121. The Morgan fingerprint density at radius 3 is 1.02 bits per heavy atom. The van der Waals surface area contributed by atoms with Crippen LogP contribution < -0.4 is 0 Å². The van der Waals surface area contributed by atoms with Crippen molar-refractivity contribution in [3.05, 3.63) is 367 Å². The highest BCUT2D eigenvalue weighted by Gasteiger charge is 2.30. The first kappa shape index (κ1) is 82.1. The fourth-order valence-electron chi connectivity index (χ4n) is 17.0. The molecule has 129 heavy (non-hydrogen) atoms. The van der Waals surface area contributed by atoms with Crippen LogP contribution >= 0.6 is 0 Å². The number of halogens is 7. The maximum absolute atomic E-state index is 14.0. The van der Waals surface area contributed by atoms with E-state index in [9.17, 15) is 30.7 Å². The van der Waals surface area contributed by atoms with Crippen molar-refractivity contribution in [2.75, 3.05) is 6.67 Å². The lowest BCUT2D eigenvalue weighted by atomic mass is 10.1. The van der Waals surface area contributed by atoms with Crippen LogP contribution in [0.4, 0.5) is 30.7 Å². The average Bonchev–Trinajstić information content (AvgIpc) is 1.62. The standard InChI is InChI=1S/C18H12F3N3.C18H13F2N3.C18H14FN3.C17H12FN3.C17H13N3.C16H11N3/c19-18(20,21)11-24-16-5-7-23-10-15(16)14-4-3-12(8-17(14)24)13-2-1-6-22-9-13;19-18(20)11-23-16-5-7-22-10-15(16)14-4-3-12(8-17(14)23)13-2-1-6-21-9-13;19-6-9-22-17-5-8-21-12-16(17)15-4-3-13(10-18(15)22)14-2-1-7-20-11-14;1-21-16-7-11(12-3-2-6-19-8-12)4-5-13(16)14-9-20-10-15(18)17(14)21;1-20-16-6-8-19-11-15(16)14-5-4-12(9-17(14)20)13-3-2-7-18-10-13;1-2-12(9-17-6-1)11-3-4-13-14-10-18-7-5-15(14)19-16(13)8-11/h1-10H,11H2;1-10,18H,11H2;1-5,7-8,10-12H,6,9H2;2-10H,1H3;2-11H,1H3;1-10,19H. The molecule has 18 nitrogen and oxygen atoms in total. The van der Waals surface area contributed by atoms with E-state index >= 15 is 0 Å². The first-order valence-electron chi connectivity index (χ1n) is 41.3. The van der Waals surface area contributed by atoms with Crippen molar-refractivity contribution in [3.8, 4) is 66.8 Å². The Kier molecular flexibility index (Phi) is 22.9. The van der Waals surface area contributed by atoms with Crippen LogP contribution in [-0.2, 0) is 33.7 Å². The van der Waals surface area contributed by atoms with Crippen LogP contribution in [0.1, 0.15) is 0 Å². The van der Waals surface area contributed by atoms with Gasteiger partial charge in [0, 0.05) is 288 Å². The lowest BCUT2D eigenvalue weighted by Gasteiger charge is -2.11. The summed E-state index contributed by atoms with van der Waals surface area (Å²) in [6.07, 6.45) is 35.2. The van der Waals surface area contributed by atoms with Crippen molar-refractivity contribution in [2.45, 2.75) is 32.2 Å². The molecule has 0 aliphatic rings. The van der Waals surface area contributed by atoms with Crippen LogP contribution in [0.5, 0.6) is 0 Å². The number of aryl methyl sites for hydroxylation is 3. The Bertz CT molecular complexity index is 8150. The largest absolute Gasteiger partial charge is 0.406 e. The first-order chi connectivity index (χ1) is 63.2. The van der Waals surface area contributed by atoms with Crippen molar-refractivity contribution in [1.82, 2.24) is 87.6 Å². The van der Waals surface area contributed by atoms with Gasteiger partial charge < -0.3 is 27.8 Å². The lowest BCUT2D eigenvalue weighted by molar-refractivity contribution is -0.139. The molecule has 25 heteroatoms. The fourth-order valence-corrected chi connectivity index (χ4v) is 17.0. The van der Waals surface area contributed by atoms with Crippen molar-refractivity contribution in [3.63, 3.8) is 0 Å². The van der Waals surface area contributed by atoms with E-state index in [4.69, 9.17) is 0 Å². The van der Waals surface area contributed by atoms with E-state index in [0.717, 1.165) is 143 Å². The first-order valence-corrected chi connectivity index (χ1v) is 41.3. The van der Waals surface area contributed by atoms with Crippen molar-refractivity contribution >= 4 is 131 Å². The molecule has 0 radical (unpaired) electrons. The van der Waals surface area contributed by atoms with Crippen molar-refractivity contribution < 1.29 is 30.7 Å². The number of pyridine rings is 12. The summed E-state index contributed by atoms with van der Waals surface area (Å²) in [5, 5.41) is 12.1. The molecular formula is C104H75F7N18. The zero-order valence-electron chi connectivity index (χ0n) is 69.2. The lowest BCUT2D eigenvalue weighted by Crippen LogP contribution is -2.17. The fraction of sp³-hybridized carbons (Fsp3) is 0.0769. The van der Waals surface area contributed by atoms with Gasteiger partial charge >= 0.3 is 6.18 Å². The third-order valence-corrected chi connectivity index (χ3v) is 23.0. The molecule has 24 rings (SSSR count). The second-order valence-corrected chi connectivity index (χ2v) is 30.7. The third-order valence-electron chi connectivity index (χ3n) is 23.0. The summed E-state index contributed by atoms with van der Waals surface area (Å²) in [6, 6.07) is 69.5. The van der Waals surface area contributed by atoms with Crippen LogP contribution in [0.3, 0.4) is 0 Å². The van der Waals surface area contributed by atoms with Gasteiger partial charge in [-0.3, -0.25) is 59.8 Å². The molecule has 0 unspecified atom stereocenters. The van der Waals surface area contributed by atoms with E-state index in [0.29, 0.717) is 23.1 Å². The molecule has 0 bridgehead atoms. The van der Waals surface area contributed by atoms with Crippen molar-refractivity contribution in [1.29, 1.82) is 0 Å². The second kappa shape index (κ2) is 35.9. The molecule has 0 saturated carbocycles. The molecule has 24 aromatic rings. The highest BCUT2D eigenvalue weighted by atomic mass is 19.4. The molecule has 630 valence electrons. The monoisotopic (exact) mass is 1710 g/mol. The maximum atomic E-state index is 14.0. The summed E-state index contributed by atoms with van der Waals surface area (Å²) in [6.45, 7) is -1.41. The molecule has 18 heterocycles. The van der Waals surface area contributed by atoms with Gasteiger partial charge in [0.1, 0.15) is 13.2 Å². The molecular weight excluding hydrogens is 1630 g/mol. The molecule has 1 N–H and O–H groups in total. The Hall–Kier alpha value is -16.6. The summed E-state index contributed by atoms with van der Waals surface area (Å²) in [7, 11) is 3.97. The van der Waals surface area contributed by atoms with E-state index in [2.05, 4.69) is 155 Å². The van der Waals surface area contributed by atoms with Crippen molar-refractivity contribution in [2.24, 2.45) is 14.1 Å². The van der Waals surface area contributed by atoms with Gasteiger partial charge in [0.05, 0.1) is 52.4 Å². The number of H-pyrrole nitrogens is 1. The normalized spacial score (nSPS) is 11.5. The van der Waals surface area contributed by atoms with E-state index < -0.39 is 25.8 Å². The number of rotatable bonds is 11. The van der Waals surface area contributed by atoms with Gasteiger partial charge in [-0.2, -0.15) is 13.2 Å². The van der Waals surface area contributed by atoms with Crippen LogP contribution in [0.25, 0.3) is 198 Å². The number of aromatic amines is 1.